The third kappa shape index (κ3) is 4.78. The van der Waals surface area contributed by atoms with Gasteiger partial charge in [-0.25, -0.2) is 0 Å². The number of benzene rings is 9. The lowest BCUT2D eigenvalue weighted by atomic mass is 9.95. The van der Waals surface area contributed by atoms with Gasteiger partial charge in [0.05, 0.1) is 16.8 Å². The molecule has 11 aromatic rings. The van der Waals surface area contributed by atoms with Gasteiger partial charge in [0, 0.05) is 36.6 Å². The highest BCUT2D eigenvalue weighted by Gasteiger charge is 2.23. The summed E-state index contributed by atoms with van der Waals surface area (Å²) < 4.78 is 9.11. The van der Waals surface area contributed by atoms with E-state index in [0.29, 0.717) is 0 Å². The summed E-state index contributed by atoms with van der Waals surface area (Å²) in [6.07, 6.45) is 0. The molecule has 0 N–H and O–H groups in total. The van der Waals surface area contributed by atoms with E-state index in [9.17, 15) is 0 Å². The predicted octanol–water partition coefficient (Wildman–Crippen LogP) is 15.1. The van der Waals surface area contributed by atoms with Crippen LogP contribution in [0.4, 0.5) is 17.1 Å². The van der Waals surface area contributed by atoms with Gasteiger partial charge in [-0.1, -0.05) is 140 Å². The largest absolute Gasteiger partial charge is 0.456 e. The molecule has 2 nitrogen and oxygen atoms in total. The number of rotatable bonds is 5. The van der Waals surface area contributed by atoms with Gasteiger partial charge in [0.25, 0.3) is 0 Å². The Labute approximate surface area is 310 Å². The molecule has 9 aromatic carbocycles. The second kappa shape index (κ2) is 11.9. The molecule has 0 fully saturated rings. The Balaban J connectivity index is 1.27. The number of thiophene rings is 1. The monoisotopic (exact) mass is 693 g/mol. The van der Waals surface area contributed by atoms with Crippen molar-refractivity contribution in [1.82, 2.24) is 0 Å². The van der Waals surface area contributed by atoms with E-state index in [4.69, 9.17) is 4.42 Å². The fourth-order valence-corrected chi connectivity index (χ4v) is 9.48. The maximum atomic E-state index is 6.51. The summed E-state index contributed by atoms with van der Waals surface area (Å²) in [7, 11) is 0. The summed E-state index contributed by atoms with van der Waals surface area (Å²) in [6, 6.07) is 68.1. The molecule has 0 amide bonds. The fourth-order valence-electron chi connectivity index (χ4n) is 8.24. The van der Waals surface area contributed by atoms with Crippen LogP contribution in [0.25, 0.3) is 85.9 Å². The Morgan fingerprint density at radius 1 is 0.396 bits per heavy atom. The number of fused-ring (bicyclic) bond motifs is 9. The van der Waals surface area contributed by atoms with E-state index in [-0.39, 0.29) is 0 Å². The number of hydrogen-bond donors (Lipinski definition) is 0. The number of nitrogens with zero attached hydrogens (tertiary/aromatic N) is 1. The molecule has 0 radical (unpaired) electrons. The van der Waals surface area contributed by atoms with Gasteiger partial charge in [-0.3, -0.25) is 0 Å². The van der Waals surface area contributed by atoms with Crippen molar-refractivity contribution in [2.45, 2.75) is 0 Å². The minimum atomic E-state index is 0.869. The minimum absolute atomic E-state index is 0.869. The average molecular weight is 694 g/mol. The number of para-hydroxylation sites is 1. The normalized spacial score (nSPS) is 11.8. The highest BCUT2D eigenvalue weighted by Crippen LogP contribution is 2.49. The van der Waals surface area contributed by atoms with Crippen LogP contribution < -0.4 is 4.90 Å². The third-order valence-corrected chi connectivity index (χ3v) is 11.8. The van der Waals surface area contributed by atoms with Gasteiger partial charge in [0.2, 0.25) is 0 Å². The molecule has 3 heteroatoms. The van der Waals surface area contributed by atoms with E-state index in [1.165, 1.54) is 58.4 Å². The molecule has 0 aliphatic carbocycles. The van der Waals surface area contributed by atoms with Crippen molar-refractivity contribution in [3.05, 3.63) is 188 Å². The van der Waals surface area contributed by atoms with E-state index < -0.39 is 0 Å². The molecule has 0 bridgehead atoms. The first kappa shape index (κ1) is 30.0. The lowest BCUT2D eigenvalue weighted by Crippen LogP contribution is -2.11. The van der Waals surface area contributed by atoms with E-state index in [1.807, 2.05) is 17.4 Å². The van der Waals surface area contributed by atoms with Crippen LogP contribution in [0, 0.1) is 0 Å². The van der Waals surface area contributed by atoms with Crippen LogP contribution in [-0.2, 0) is 0 Å². The highest BCUT2D eigenvalue weighted by atomic mass is 32.1. The molecule has 0 unspecified atom stereocenters. The van der Waals surface area contributed by atoms with Crippen LogP contribution in [0.3, 0.4) is 0 Å². The molecule has 11 rings (SSSR count). The molecule has 2 heterocycles. The summed E-state index contributed by atoms with van der Waals surface area (Å²) >= 11 is 1.87. The molecule has 0 aliphatic heterocycles. The summed E-state index contributed by atoms with van der Waals surface area (Å²) in [4.78, 5) is 2.47. The summed E-state index contributed by atoms with van der Waals surface area (Å²) in [6.45, 7) is 0. The van der Waals surface area contributed by atoms with E-state index in [2.05, 4.69) is 187 Å². The number of anilines is 3. The van der Waals surface area contributed by atoms with Crippen molar-refractivity contribution in [2.75, 3.05) is 4.90 Å². The Morgan fingerprint density at radius 2 is 1.06 bits per heavy atom. The Morgan fingerprint density at radius 3 is 1.94 bits per heavy atom. The zero-order valence-electron chi connectivity index (χ0n) is 28.7. The van der Waals surface area contributed by atoms with Crippen molar-refractivity contribution in [3.63, 3.8) is 0 Å². The Kier molecular flexibility index (Phi) is 6.76. The fraction of sp³-hybridized carbons (Fsp3) is 0. The van der Waals surface area contributed by atoms with Gasteiger partial charge in [-0.15, -0.1) is 11.3 Å². The average Bonchev–Trinajstić information content (AvgIpc) is 3.80. The highest BCUT2D eigenvalue weighted by molar-refractivity contribution is 7.26. The van der Waals surface area contributed by atoms with Crippen LogP contribution in [0.5, 0.6) is 0 Å². The molecular formula is C50H31NOS. The summed E-state index contributed by atoms with van der Waals surface area (Å²) in [5.74, 6) is 0. The van der Waals surface area contributed by atoms with Gasteiger partial charge < -0.3 is 9.32 Å². The van der Waals surface area contributed by atoms with Crippen molar-refractivity contribution in [1.29, 1.82) is 0 Å². The van der Waals surface area contributed by atoms with Crippen molar-refractivity contribution in [3.8, 4) is 22.3 Å². The first-order valence-corrected chi connectivity index (χ1v) is 18.8. The zero-order valence-corrected chi connectivity index (χ0v) is 29.5. The maximum absolute atomic E-state index is 6.51. The minimum Gasteiger partial charge on any atom is -0.456 e. The van der Waals surface area contributed by atoms with Crippen molar-refractivity contribution in [2.24, 2.45) is 0 Å². The smallest absolute Gasteiger partial charge is 0.137 e. The van der Waals surface area contributed by atoms with Crippen molar-refractivity contribution < 1.29 is 4.42 Å². The topological polar surface area (TPSA) is 16.4 Å². The standard InChI is InChI=1S/C50H31NOS/c1-2-14-32(15-3-1)34-28-35(38-22-12-23-42-41-20-9-11-27-48(41)53-50(38)42)30-36(29-34)51(44-24-13-26-47-49(44)43-21-8-10-25-46(43)52-47)45-31-33-16-4-5-17-37(33)39-18-6-7-19-40(39)45/h1-31H. The zero-order chi connectivity index (χ0) is 34.9. The number of hydrogen-bond acceptors (Lipinski definition) is 3. The van der Waals surface area contributed by atoms with Crippen LogP contribution in [-0.4, -0.2) is 0 Å². The van der Waals surface area contributed by atoms with Crippen LogP contribution in [0.1, 0.15) is 0 Å². The predicted molar refractivity (Wildman–Crippen MR) is 227 cm³/mol. The van der Waals surface area contributed by atoms with Gasteiger partial charge >= 0.3 is 0 Å². The third-order valence-electron chi connectivity index (χ3n) is 10.6. The van der Waals surface area contributed by atoms with E-state index in [0.717, 1.165) is 44.6 Å². The molecule has 0 saturated carbocycles. The first-order valence-electron chi connectivity index (χ1n) is 18.0. The molecular weight excluding hydrogens is 663 g/mol. The maximum Gasteiger partial charge on any atom is 0.137 e. The second-order valence-electron chi connectivity index (χ2n) is 13.7. The molecule has 0 atom stereocenters. The lowest BCUT2D eigenvalue weighted by molar-refractivity contribution is 0.669. The molecule has 0 spiro atoms. The van der Waals surface area contributed by atoms with Gasteiger partial charge in [0.1, 0.15) is 11.2 Å². The summed E-state index contributed by atoms with van der Waals surface area (Å²) in [5, 5.41) is 9.65. The molecule has 0 aliphatic rings. The van der Waals surface area contributed by atoms with Gasteiger partial charge in [0.15, 0.2) is 0 Å². The number of furan rings is 1. The molecule has 248 valence electrons. The van der Waals surface area contributed by atoms with Crippen LogP contribution in [0.2, 0.25) is 0 Å². The second-order valence-corrected chi connectivity index (χ2v) is 14.7. The first-order chi connectivity index (χ1) is 26.3. The SMILES string of the molecule is c1ccc(-c2cc(-c3cccc4c3sc3ccccc34)cc(N(c3cc4ccccc4c4ccccc34)c3cccc4oc5ccccc5c34)c2)cc1. The quantitative estimate of drug-likeness (QED) is 0.167. The van der Waals surface area contributed by atoms with Crippen LogP contribution in [0.15, 0.2) is 192 Å². The van der Waals surface area contributed by atoms with Gasteiger partial charge in [-0.2, -0.15) is 0 Å². The van der Waals surface area contributed by atoms with Gasteiger partial charge in [-0.05, 0) is 86.9 Å². The summed E-state index contributed by atoms with van der Waals surface area (Å²) in [5.41, 5.74) is 9.78. The molecule has 53 heavy (non-hydrogen) atoms. The lowest BCUT2D eigenvalue weighted by Gasteiger charge is -2.29. The van der Waals surface area contributed by atoms with Crippen LogP contribution >= 0.6 is 11.3 Å². The van der Waals surface area contributed by atoms with E-state index >= 15 is 0 Å². The Bertz CT molecular complexity index is 3190. The Hall–Kier alpha value is -6.68. The van der Waals surface area contributed by atoms with Crippen molar-refractivity contribution >= 4 is 92.1 Å². The van der Waals surface area contributed by atoms with E-state index in [1.54, 1.807) is 0 Å². The molecule has 2 aromatic heterocycles. The molecule has 0 saturated heterocycles.